The zero-order valence-electron chi connectivity index (χ0n) is 12.2. The lowest BCUT2D eigenvalue weighted by Crippen LogP contribution is -2.30. The Bertz CT molecular complexity index is 405. The van der Waals surface area contributed by atoms with Crippen molar-refractivity contribution < 1.29 is 9.18 Å². The van der Waals surface area contributed by atoms with Crippen molar-refractivity contribution in [2.45, 2.75) is 33.6 Å². The number of carbonyl (C=O) groups is 1. The molecule has 1 aromatic carbocycles. The fourth-order valence-corrected chi connectivity index (χ4v) is 2.01. The maximum Gasteiger partial charge on any atom is 0.164 e. The van der Waals surface area contributed by atoms with Crippen LogP contribution in [0.1, 0.15) is 44.0 Å². The van der Waals surface area contributed by atoms with E-state index in [9.17, 15) is 9.18 Å². The molecule has 0 bridgehead atoms. The van der Waals surface area contributed by atoms with Gasteiger partial charge in [-0.05, 0) is 24.6 Å². The molecule has 0 aliphatic heterocycles. The molecule has 2 nitrogen and oxygen atoms in total. The van der Waals surface area contributed by atoms with Crippen LogP contribution in [0.15, 0.2) is 24.3 Å². The first-order valence-corrected chi connectivity index (χ1v) is 7.07. The molecule has 0 N–H and O–H groups in total. The van der Waals surface area contributed by atoms with E-state index in [0.717, 1.165) is 26.1 Å². The number of nitrogens with zero attached hydrogens (tertiary/aromatic N) is 1. The zero-order chi connectivity index (χ0) is 14.3. The molecule has 1 unspecified atom stereocenters. The SMILES string of the molecule is CCC(C)CN(CC)CCC(=O)c1cccc(F)c1. The van der Waals surface area contributed by atoms with Crippen molar-refractivity contribution in [1.29, 1.82) is 0 Å². The molecular formula is C16H24FNO. The van der Waals surface area contributed by atoms with Gasteiger partial charge in [0.05, 0.1) is 0 Å². The minimum Gasteiger partial charge on any atom is -0.303 e. The number of hydrogen-bond acceptors (Lipinski definition) is 2. The van der Waals surface area contributed by atoms with Gasteiger partial charge in [0.25, 0.3) is 0 Å². The Kier molecular flexibility index (Phi) is 6.71. The van der Waals surface area contributed by atoms with E-state index in [1.165, 1.54) is 12.1 Å². The summed E-state index contributed by atoms with van der Waals surface area (Å²) >= 11 is 0. The summed E-state index contributed by atoms with van der Waals surface area (Å²) in [6.07, 6.45) is 1.60. The number of carbonyl (C=O) groups excluding carboxylic acids is 1. The molecule has 0 heterocycles. The predicted octanol–water partition coefficient (Wildman–Crippen LogP) is 3.77. The van der Waals surface area contributed by atoms with Gasteiger partial charge in [-0.1, -0.05) is 39.3 Å². The van der Waals surface area contributed by atoms with Crippen LogP contribution in [0.5, 0.6) is 0 Å². The van der Waals surface area contributed by atoms with Gasteiger partial charge in [-0.3, -0.25) is 4.79 Å². The Balaban J connectivity index is 2.48. The van der Waals surface area contributed by atoms with Crippen molar-refractivity contribution in [3.05, 3.63) is 35.6 Å². The maximum atomic E-state index is 13.0. The van der Waals surface area contributed by atoms with Crippen LogP contribution < -0.4 is 0 Å². The number of rotatable bonds is 8. The molecule has 0 saturated carbocycles. The highest BCUT2D eigenvalue weighted by atomic mass is 19.1. The third kappa shape index (κ3) is 5.52. The van der Waals surface area contributed by atoms with Crippen LogP contribution >= 0.6 is 0 Å². The van der Waals surface area contributed by atoms with Gasteiger partial charge in [0, 0.05) is 25.1 Å². The highest BCUT2D eigenvalue weighted by molar-refractivity contribution is 5.96. The lowest BCUT2D eigenvalue weighted by atomic mass is 10.1. The molecule has 1 atom stereocenters. The van der Waals surface area contributed by atoms with E-state index in [1.807, 2.05) is 0 Å². The van der Waals surface area contributed by atoms with Crippen molar-refractivity contribution in [2.75, 3.05) is 19.6 Å². The van der Waals surface area contributed by atoms with Gasteiger partial charge in [0.15, 0.2) is 5.78 Å². The molecular weight excluding hydrogens is 241 g/mol. The van der Waals surface area contributed by atoms with Crippen LogP contribution in [0, 0.1) is 11.7 Å². The van der Waals surface area contributed by atoms with E-state index in [-0.39, 0.29) is 11.6 Å². The van der Waals surface area contributed by atoms with Crippen molar-refractivity contribution in [2.24, 2.45) is 5.92 Å². The Hall–Kier alpha value is -1.22. The Morgan fingerprint density at radius 3 is 2.68 bits per heavy atom. The molecule has 1 aromatic rings. The standard InChI is InChI=1S/C16H24FNO/c1-4-13(3)12-18(5-2)10-9-16(19)14-7-6-8-15(17)11-14/h6-8,11,13H,4-5,9-10,12H2,1-3H3. The summed E-state index contributed by atoms with van der Waals surface area (Å²) in [6, 6.07) is 5.93. The number of ketones is 1. The molecule has 106 valence electrons. The molecule has 0 radical (unpaired) electrons. The topological polar surface area (TPSA) is 20.3 Å². The van der Waals surface area contributed by atoms with Gasteiger partial charge < -0.3 is 4.90 Å². The minimum absolute atomic E-state index is 0.0158. The summed E-state index contributed by atoms with van der Waals surface area (Å²) in [5.74, 6) is 0.309. The third-order valence-electron chi connectivity index (χ3n) is 3.52. The highest BCUT2D eigenvalue weighted by Gasteiger charge is 2.11. The van der Waals surface area contributed by atoms with Crippen LogP contribution in [-0.4, -0.2) is 30.3 Å². The van der Waals surface area contributed by atoms with E-state index < -0.39 is 0 Å². The van der Waals surface area contributed by atoms with Crippen LogP contribution in [0.25, 0.3) is 0 Å². The number of hydrogen-bond donors (Lipinski definition) is 0. The fraction of sp³-hybridized carbons (Fsp3) is 0.562. The summed E-state index contributed by atoms with van der Waals surface area (Å²) in [5, 5.41) is 0. The van der Waals surface area contributed by atoms with Gasteiger partial charge >= 0.3 is 0 Å². The van der Waals surface area contributed by atoms with Gasteiger partial charge in [0.1, 0.15) is 5.82 Å². The fourth-order valence-electron chi connectivity index (χ4n) is 2.01. The molecule has 0 fully saturated rings. The van der Waals surface area contributed by atoms with Gasteiger partial charge in [-0.15, -0.1) is 0 Å². The van der Waals surface area contributed by atoms with E-state index in [2.05, 4.69) is 25.7 Å². The smallest absolute Gasteiger partial charge is 0.164 e. The number of halogens is 1. The molecule has 3 heteroatoms. The Labute approximate surface area is 115 Å². The molecule has 0 saturated heterocycles. The van der Waals surface area contributed by atoms with Crippen LogP contribution in [-0.2, 0) is 0 Å². The lowest BCUT2D eigenvalue weighted by molar-refractivity contribution is 0.0961. The van der Waals surface area contributed by atoms with Gasteiger partial charge in [-0.2, -0.15) is 0 Å². The van der Waals surface area contributed by atoms with E-state index in [0.29, 0.717) is 17.9 Å². The van der Waals surface area contributed by atoms with Gasteiger partial charge in [0.2, 0.25) is 0 Å². The highest BCUT2D eigenvalue weighted by Crippen LogP contribution is 2.09. The predicted molar refractivity (Wildman–Crippen MR) is 76.9 cm³/mol. The average molecular weight is 265 g/mol. The molecule has 0 aliphatic rings. The minimum atomic E-state index is -0.349. The monoisotopic (exact) mass is 265 g/mol. The second-order valence-electron chi connectivity index (χ2n) is 5.09. The lowest BCUT2D eigenvalue weighted by Gasteiger charge is -2.23. The second-order valence-corrected chi connectivity index (χ2v) is 5.09. The number of benzene rings is 1. The quantitative estimate of drug-likeness (QED) is 0.667. The number of Topliss-reactive ketones (excluding diaryl/α,β-unsaturated/α-hetero) is 1. The molecule has 19 heavy (non-hydrogen) atoms. The van der Waals surface area contributed by atoms with Crippen molar-refractivity contribution in [1.82, 2.24) is 4.90 Å². The first kappa shape index (κ1) is 15.8. The van der Waals surface area contributed by atoms with E-state index in [1.54, 1.807) is 12.1 Å². The first-order valence-electron chi connectivity index (χ1n) is 7.07. The average Bonchev–Trinajstić information content (AvgIpc) is 2.42. The van der Waals surface area contributed by atoms with Crippen molar-refractivity contribution in [3.63, 3.8) is 0 Å². The van der Waals surface area contributed by atoms with Crippen molar-refractivity contribution >= 4 is 5.78 Å². The van der Waals surface area contributed by atoms with Crippen LogP contribution in [0.2, 0.25) is 0 Å². The van der Waals surface area contributed by atoms with E-state index >= 15 is 0 Å². The molecule has 0 amide bonds. The summed E-state index contributed by atoms with van der Waals surface area (Å²) in [5.41, 5.74) is 0.472. The Morgan fingerprint density at radius 2 is 2.11 bits per heavy atom. The van der Waals surface area contributed by atoms with Crippen molar-refractivity contribution in [3.8, 4) is 0 Å². The molecule has 0 spiro atoms. The molecule has 0 aliphatic carbocycles. The maximum absolute atomic E-state index is 13.0. The largest absolute Gasteiger partial charge is 0.303 e. The molecule has 0 aromatic heterocycles. The zero-order valence-corrected chi connectivity index (χ0v) is 12.2. The van der Waals surface area contributed by atoms with Crippen LogP contribution in [0.3, 0.4) is 0 Å². The van der Waals surface area contributed by atoms with Gasteiger partial charge in [-0.25, -0.2) is 4.39 Å². The summed E-state index contributed by atoms with van der Waals surface area (Å²) in [7, 11) is 0. The third-order valence-corrected chi connectivity index (χ3v) is 3.52. The first-order chi connectivity index (χ1) is 9.06. The van der Waals surface area contributed by atoms with E-state index in [4.69, 9.17) is 0 Å². The molecule has 1 rings (SSSR count). The summed E-state index contributed by atoms with van der Waals surface area (Å²) in [6.45, 7) is 9.21. The second kappa shape index (κ2) is 8.05. The Morgan fingerprint density at radius 1 is 1.37 bits per heavy atom. The summed E-state index contributed by atoms with van der Waals surface area (Å²) < 4.78 is 13.0. The van der Waals surface area contributed by atoms with Crippen LogP contribution in [0.4, 0.5) is 4.39 Å². The summed E-state index contributed by atoms with van der Waals surface area (Å²) in [4.78, 5) is 14.3. The normalized spacial score (nSPS) is 12.7.